The first kappa shape index (κ1) is 16.0. The summed E-state index contributed by atoms with van der Waals surface area (Å²) < 4.78 is 1.69. The first-order valence-corrected chi connectivity index (χ1v) is 8.39. The standard InChI is InChI=1S/C17H21ClN4O/c1-2-8-21(16-6-7-19-11-16)17(23)13-10-20-22(12-13)15-5-3-4-14(18)9-15/h3-5,9-10,12,16,19H,2,6-8,11H2,1H3. The van der Waals surface area contributed by atoms with E-state index in [9.17, 15) is 4.79 Å². The van der Waals surface area contributed by atoms with E-state index >= 15 is 0 Å². The molecule has 0 spiro atoms. The van der Waals surface area contributed by atoms with Crippen LogP contribution in [0.5, 0.6) is 0 Å². The largest absolute Gasteiger partial charge is 0.334 e. The summed E-state index contributed by atoms with van der Waals surface area (Å²) in [5, 5.41) is 8.29. The number of aromatic nitrogens is 2. The van der Waals surface area contributed by atoms with Gasteiger partial charge in [-0.3, -0.25) is 4.79 Å². The van der Waals surface area contributed by atoms with Gasteiger partial charge in [0.1, 0.15) is 0 Å². The number of carbonyl (C=O) groups excluding carboxylic acids is 1. The van der Waals surface area contributed by atoms with E-state index in [-0.39, 0.29) is 11.9 Å². The van der Waals surface area contributed by atoms with Crippen molar-refractivity contribution in [3.8, 4) is 5.69 Å². The average molecular weight is 333 g/mol. The lowest BCUT2D eigenvalue weighted by Gasteiger charge is -2.27. The molecule has 2 heterocycles. The number of nitrogens with zero attached hydrogens (tertiary/aromatic N) is 3. The second-order valence-electron chi connectivity index (χ2n) is 5.80. The number of rotatable bonds is 5. The van der Waals surface area contributed by atoms with Crippen LogP contribution in [0.15, 0.2) is 36.7 Å². The van der Waals surface area contributed by atoms with Crippen molar-refractivity contribution in [1.29, 1.82) is 0 Å². The van der Waals surface area contributed by atoms with Crippen LogP contribution in [0.2, 0.25) is 5.02 Å². The smallest absolute Gasteiger partial charge is 0.257 e. The van der Waals surface area contributed by atoms with Crippen molar-refractivity contribution in [3.05, 3.63) is 47.2 Å². The van der Waals surface area contributed by atoms with Gasteiger partial charge in [0.05, 0.1) is 17.4 Å². The van der Waals surface area contributed by atoms with Gasteiger partial charge in [-0.1, -0.05) is 24.6 Å². The summed E-state index contributed by atoms with van der Waals surface area (Å²) in [6.45, 7) is 4.71. The van der Waals surface area contributed by atoms with Gasteiger partial charge in [-0.15, -0.1) is 0 Å². The van der Waals surface area contributed by atoms with Gasteiger partial charge >= 0.3 is 0 Å². The average Bonchev–Trinajstić information content (AvgIpc) is 3.23. The zero-order chi connectivity index (χ0) is 16.2. The second-order valence-corrected chi connectivity index (χ2v) is 6.24. The molecule has 1 unspecified atom stereocenters. The van der Waals surface area contributed by atoms with Crippen LogP contribution >= 0.6 is 11.6 Å². The first-order chi connectivity index (χ1) is 11.2. The van der Waals surface area contributed by atoms with Gasteiger partial charge in [0.25, 0.3) is 5.91 Å². The number of hydrogen-bond donors (Lipinski definition) is 1. The molecule has 1 fully saturated rings. The lowest BCUT2D eigenvalue weighted by molar-refractivity contribution is 0.0692. The quantitative estimate of drug-likeness (QED) is 0.916. The van der Waals surface area contributed by atoms with Crippen molar-refractivity contribution in [2.75, 3.05) is 19.6 Å². The van der Waals surface area contributed by atoms with Gasteiger partial charge in [-0.05, 0) is 37.6 Å². The highest BCUT2D eigenvalue weighted by atomic mass is 35.5. The third-order valence-electron chi connectivity index (χ3n) is 4.10. The van der Waals surface area contributed by atoms with Gasteiger partial charge in [0.2, 0.25) is 0 Å². The summed E-state index contributed by atoms with van der Waals surface area (Å²) in [4.78, 5) is 14.8. The minimum absolute atomic E-state index is 0.0498. The van der Waals surface area contributed by atoms with Gasteiger partial charge in [0, 0.05) is 30.4 Å². The number of carbonyl (C=O) groups is 1. The Bertz CT molecular complexity index is 679. The summed E-state index contributed by atoms with van der Waals surface area (Å²) in [6.07, 6.45) is 5.37. The molecule has 1 atom stereocenters. The number of nitrogens with one attached hydrogen (secondary N) is 1. The highest BCUT2D eigenvalue weighted by Crippen LogP contribution is 2.17. The summed E-state index contributed by atoms with van der Waals surface area (Å²) in [7, 11) is 0. The van der Waals surface area contributed by atoms with E-state index in [0.717, 1.165) is 38.2 Å². The van der Waals surface area contributed by atoms with Crippen LogP contribution in [0.4, 0.5) is 0 Å². The third kappa shape index (κ3) is 3.57. The lowest BCUT2D eigenvalue weighted by atomic mass is 10.1. The van der Waals surface area contributed by atoms with Crippen LogP contribution in [0.1, 0.15) is 30.1 Å². The monoisotopic (exact) mass is 332 g/mol. The van der Waals surface area contributed by atoms with Gasteiger partial charge in [-0.25, -0.2) is 4.68 Å². The molecular weight excluding hydrogens is 312 g/mol. The Kier molecular flexibility index (Phi) is 4.98. The fourth-order valence-electron chi connectivity index (χ4n) is 2.96. The SMILES string of the molecule is CCCN(C(=O)c1cnn(-c2cccc(Cl)c2)c1)C1CCNC1. The van der Waals surface area contributed by atoms with Crippen molar-refractivity contribution >= 4 is 17.5 Å². The lowest BCUT2D eigenvalue weighted by Crippen LogP contribution is -2.42. The molecule has 1 aromatic carbocycles. The van der Waals surface area contributed by atoms with Crippen molar-refractivity contribution in [2.24, 2.45) is 0 Å². The first-order valence-electron chi connectivity index (χ1n) is 8.01. The Hall–Kier alpha value is -1.85. The molecule has 5 nitrogen and oxygen atoms in total. The van der Waals surface area contributed by atoms with Crippen LogP contribution in [-0.4, -0.2) is 46.3 Å². The minimum Gasteiger partial charge on any atom is -0.334 e. The summed E-state index contributed by atoms with van der Waals surface area (Å²) >= 11 is 6.02. The van der Waals surface area contributed by atoms with Gasteiger partial charge in [-0.2, -0.15) is 5.10 Å². The predicted molar refractivity (Wildman–Crippen MR) is 91.2 cm³/mol. The zero-order valence-corrected chi connectivity index (χ0v) is 14.0. The molecule has 1 aromatic heterocycles. The Morgan fingerprint density at radius 2 is 2.39 bits per heavy atom. The number of halogens is 1. The molecule has 2 aromatic rings. The van der Waals surface area contributed by atoms with E-state index < -0.39 is 0 Å². The number of amides is 1. The van der Waals surface area contributed by atoms with Crippen molar-refractivity contribution in [1.82, 2.24) is 20.0 Å². The maximum Gasteiger partial charge on any atom is 0.257 e. The minimum atomic E-state index is 0.0498. The molecule has 1 saturated heterocycles. The summed E-state index contributed by atoms with van der Waals surface area (Å²) in [5.41, 5.74) is 1.46. The molecule has 122 valence electrons. The van der Waals surface area contributed by atoms with Crippen molar-refractivity contribution in [2.45, 2.75) is 25.8 Å². The van der Waals surface area contributed by atoms with Gasteiger partial charge in [0.15, 0.2) is 0 Å². The third-order valence-corrected chi connectivity index (χ3v) is 4.34. The summed E-state index contributed by atoms with van der Waals surface area (Å²) in [6, 6.07) is 7.70. The molecule has 1 amide bonds. The maximum absolute atomic E-state index is 12.9. The summed E-state index contributed by atoms with van der Waals surface area (Å²) in [5.74, 6) is 0.0498. The van der Waals surface area contributed by atoms with E-state index in [2.05, 4.69) is 17.3 Å². The van der Waals surface area contributed by atoms with E-state index in [1.54, 1.807) is 17.1 Å². The van der Waals surface area contributed by atoms with Crippen LogP contribution in [-0.2, 0) is 0 Å². The molecule has 3 rings (SSSR count). The van der Waals surface area contributed by atoms with Crippen molar-refractivity contribution < 1.29 is 4.79 Å². The second kappa shape index (κ2) is 7.15. The molecule has 1 N–H and O–H groups in total. The number of benzene rings is 1. The molecule has 0 saturated carbocycles. The number of hydrogen-bond acceptors (Lipinski definition) is 3. The van der Waals surface area contributed by atoms with Crippen LogP contribution in [0.3, 0.4) is 0 Å². The Morgan fingerprint density at radius 3 is 3.09 bits per heavy atom. The molecule has 0 aliphatic carbocycles. The fourth-order valence-corrected chi connectivity index (χ4v) is 3.14. The molecule has 0 bridgehead atoms. The van der Waals surface area contributed by atoms with E-state index in [4.69, 9.17) is 11.6 Å². The van der Waals surface area contributed by atoms with Crippen LogP contribution in [0.25, 0.3) is 5.69 Å². The predicted octanol–water partition coefficient (Wildman–Crippen LogP) is 2.74. The Balaban J connectivity index is 1.81. The molecule has 6 heteroatoms. The highest BCUT2D eigenvalue weighted by molar-refractivity contribution is 6.30. The van der Waals surface area contributed by atoms with E-state index in [1.165, 1.54) is 0 Å². The van der Waals surface area contributed by atoms with E-state index in [1.807, 2.05) is 29.2 Å². The van der Waals surface area contributed by atoms with Crippen molar-refractivity contribution in [3.63, 3.8) is 0 Å². The van der Waals surface area contributed by atoms with Crippen LogP contribution < -0.4 is 5.32 Å². The fraction of sp³-hybridized carbons (Fsp3) is 0.412. The Morgan fingerprint density at radius 1 is 1.52 bits per heavy atom. The highest BCUT2D eigenvalue weighted by Gasteiger charge is 2.27. The van der Waals surface area contributed by atoms with Gasteiger partial charge < -0.3 is 10.2 Å². The normalized spacial score (nSPS) is 17.4. The Labute approximate surface area is 141 Å². The molecule has 23 heavy (non-hydrogen) atoms. The molecule has 1 aliphatic rings. The molecular formula is C17H21ClN4O. The molecule has 0 radical (unpaired) electrons. The van der Waals surface area contributed by atoms with E-state index in [0.29, 0.717) is 10.6 Å². The molecule has 1 aliphatic heterocycles. The maximum atomic E-state index is 12.9. The zero-order valence-electron chi connectivity index (χ0n) is 13.2. The van der Waals surface area contributed by atoms with Crippen LogP contribution in [0, 0.1) is 0 Å². The topological polar surface area (TPSA) is 50.2 Å².